The third-order valence-electron chi connectivity index (χ3n) is 4.39. The number of nitrogens with one attached hydrogen (secondary N) is 1. The van der Waals surface area contributed by atoms with Crippen molar-refractivity contribution in [1.29, 1.82) is 0 Å². The maximum absolute atomic E-state index is 12.4. The number of benzene rings is 1. The molecule has 0 aliphatic carbocycles. The molecule has 1 saturated heterocycles. The summed E-state index contributed by atoms with van der Waals surface area (Å²) in [4.78, 5) is 13.9. The highest BCUT2D eigenvalue weighted by Gasteiger charge is 2.26. The van der Waals surface area contributed by atoms with E-state index in [4.69, 9.17) is 4.74 Å². The van der Waals surface area contributed by atoms with Crippen molar-refractivity contribution in [3.05, 3.63) is 23.8 Å². The fraction of sp³-hybridized carbons (Fsp3) is 0.562. The van der Waals surface area contributed by atoms with E-state index < -0.39 is 10.0 Å². The number of hydrogen-bond donors (Lipinski definition) is 1. The van der Waals surface area contributed by atoms with Crippen molar-refractivity contribution < 1.29 is 17.9 Å². The quantitative estimate of drug-likeness (QED) is 0.881. The number of carbonyl (C=O) groups is 1. The molecule has 1 fully saturated rings. The summed E-state index contributed by atoms with van der Waals surface area (Å²) in [7, 11) is -3.55. The lowest BCUT2D eigenvalue weighted by atomic mass is 10.2. The van der Waals surface area contributed by atoms with E-state index in [-0.39, 0.29) is 16.9 Å². The number of anilines is 1. The smallest absolute Gasteiger partial charge is 0.240 e. The number of hydrogen-bond acceptors (Lipinski definition) is 4. The van der Waals surface area contributed by atoms with Gasteiger partial charge in [-0.05, 0) is 43.0 Å². The Balaban J connectivity index is 1.75. The van der Waals surface area contributed by atoms with E-state index in [1.165, 1.54) is 0 Å². The van der Waals surface area contributed by atoms with Crippen LogP contribution in [-0.4, -0.2) is 40.1 Å². The SMILES string of the molecule is CCC(=O)N1CCc2cc(S(=O)(=O)NC[C@H]3CCCO3)ccc21. The summed E-state index contributed by atoms with van der Waals surface area (Å²) >= 11 is 0. The van der Waals surface area contributed by atoms with Gasteiger partial charge in [-0.2, -0.15) is 0 Å². The molecule has 2 heterocycles. The average molecular weight is 338 g/mol. The zero-order valence-corrected chi connectivity index (χ0v) is 14.1. The van der Waals surface area contributed by atoms with E-state index in [9.17, 15) is 13.2 Å². The van der Waals surface area contributed by atoms with Gasteiger partial charge < -0.3 is 9.64 Å². The Kier molecular flexibility index (Phi) is 4.70. The van der Waals surface area contributed by atoms with Crippen LogP contribution in [0.3, 0.4) is 0 Å². The Labute approximate surface area is 136 Å². The van der Waals surface area contributed by atoms with Crippen molar-refractivity contribution >= 4 is 21.6 Å². The summed E-state index contributed by atoms with van der Waals surface area (Å²) in [5, 5.41) is 0. The standard InChI is InChI=1S/C16H22N2O4S/c1-2-16(19)18-8-7-12-10-14(5-6-15(12)18)23(20,21)17-11-13-4-3-9-22-13/h5-6,10,13,17H,2-4,7-9,11H2,1H3/t13-/m1/s1. The molecule has 1 atom stereocenters. The zero-order valence-electron chi connectivity index (χ0n) is 13.2. The third-order valence-corrected chi connectivity index (χ3v) is 5.81. The first kappa shape index (κ1) is 16.4. The van der Waals surface area contributed by atoms with Crippen LogP contribution < -0.4 is 9.62 Å². The predicted octanol–water partition coefficient (Wildman–Crippen LogP) is 1.44. The molecule has 0 saturated carbocycles. The lowest BCUT2D eigenvalue weighted by Crippen LogP contribution is -2.32. The molecule has 0 spiro atoms. The number of fused-ring (bicyclic) bond motifs is 1. The number of amides is 1. The summed E-state index contributed by atoms with van der Waals surface area (Å²) < 4.78 is 32.9. The molecule has 23 heavy (non-hydrogen) atoms. The van der Waals surface area contributed by atoms with Crippen LogP contribution in [0.15, 0.2) is 23.1 Å². The summed E-state index contributed by atoms with van der Waals surface area (Å²) in [6.07, 6.45) is 2.98. The van der Waals surface area contributed by atoms with Crippen LogP contribution in [0, 0.1) is 0 Å². The molecular weight excluding hydrogens is 316 g/mol. The van der Waals surface area contributed by atoms with Crippen molar-refractivity contribution in [2.45, 2.75) is 43.6 Å². The lowest BCUT2D eigenvalue weighted by molar-refractivity contribution is -0.118. The molecule has 1 aromatic carbocycles. The molecule has 0 unspecified atom stereocenters. The predicted molar refractivity (Wildman–Crippen MR) is 87.0 cm³/mol. The van der Waals surface area contributed by atoms with E-state index in [1.807, 2.05) is 6.92 Å². The first-order chi connectivity index (χ1) is 11.0. The molecule has 2 aliphatic heterocycles. The lowest BCUT2D eigenvalue weighted by Gasteiger charge is -2.17. The summed E-state index contributed by atoms with van der Waals surface area (Å²) in [5.41, 5.74) is 1.74. The van der Waals surface area contributed by atoms with Gasteiger partial charge in [0.2, 0.25) is 15.9 Å². The van der Waals surface area contributed by atoms with Gasteiger partial charge in [0.25, 0.3) is 0 Å². The van der Waals surface area contributed by atoms with Crippen molar-refractivity contribution in [2.75, 3.05) is 24.6 Å². The topological polar surface area (TPSA) is 75.7 Å². The Morgan fingerprint density at radius 3 is 2.96 bits per heavy atom. The second-order valence-corrected chi connectivity index (χ2v) is 7.69. The van der Waals surface area contributed by atoms with Crippen molar-refractivity contribution in [1.82, 2.24) is 4.72 Å². The van der Waals surface area contributed by atoms with Crippen molar-refractivity contribution in [3.63, 3.8) is 0 Å². The summed E-state index contributed by atoms with van der Waals surface area (Å²) in [6, 6.07) is 4.98. The molecule has 126 valence electrons. The Hall–Kier alpha value is -1.44. The largest absolute Gasteiger partial charge is 0.377 e. The molecule has 2 aliphatic rings. The molecule has 0 radical (unpaired) electrons. The second-order valence-electron chi connectivity index (χ2n) is 5.93. The van der Waals surface area contributed by atoms with Gasteiger partial charge in [-0.15, -0.1) is 0 Å². The number of carbonyl (C=O) groups excluding carboxylic acids is 1. The van der Waals surface area contributed by atoms with Gasteiger partial charge in [-0.25, -0.2) is 13.1 Å². The number of rotatable bonds is 5. The van der Waals surface area contributed by atoms with Crippen LogP contribution in [-0.2, 0) is 26.0 Å². The fourth-order valence-corrected chi connectivity index (χ4v) is 4.20. The molecule has 3 rings (SSSR count). The van der Waals surface area contributed by atoms with Gasteiger partial charge in [0, 0.05) is 31.8 Å². The van der Waals surface area contributed by atoms with E-state index >= 15 is 0 Å². The van der Waals surface area contributed by atoms with Crippen LogP contribution in [0.4, 0.5) is 5.69 Å². The van der Waals surface area contributed by atoms with Gasteiger partial charge in [0.05, 0.1) is 11.0 Å². The van der Waals surface area contributed by atoms with Crippen LogP contribution in [0.1, 0.15) is 31.7 Å². The number of ether oxygens (including phenoxy) is 1. The van der Waals surface area contributed by atoms with E-state index in [0.717, 1.165) is 24.1 Å². The van der Waals surface area contributed by atoms with Crippen molar-refractivity contribution in [2.24, 2.45) is 0 Å². The highest BCUT2D eigenvalue weighted by Crippen LogP contribution is 2.30. The Morgan fingerprint density at radius 1 is 1.43 bits per heavy atom. The van der Waals surface area contributed by atoms with Gasteiger partial charge in [-0.3, -0.25) is 4.79 Å². The maximum atomic E-state index is 12.4. The van der Waals surface area contributed by atoms with Crippen LogP contribution in [0.25, 0.3) is 0 Å². The number of sulfonamides is 1. The van der Waals surface area contributed by atoms with Gasteiger partial charge in [0.1, 0.15) is 0 Å². The normalized spacial score (nSPS) is 20.7. The first-order valence-electron chi connectivity index (χ1n) is 8.06. The summed E-state index contributed by atoms with van der Waals surface area (Å²) in [6.45, 7) is 3.45. The highest BCUT2D eigenvalue weighted by atomic mass is 32.2. The third kappa shape index (κ3) is 3.41. The molecule has 1 amide bonds. The Bertz CT molecular complexity index is 696. The fourth-order valence-electron chi connectivity index (χ4n) is 3.09. The molecule has 6 nitrogen and oxygen atoms in total. The zero-order chi connectivity index (χ0) is 16.4. The summed E-state index contributed by atoms with van der Waals surface area (Å²) in [5.74, 6) is 0.0656. The van der Waals surface area contributed by atoms with E-state index in [0.29, 0.717) is 32.5 Å². The monoisotopic (exact) mass is 338 g/mol. The number of nitrogens with zero attached hydrogens (tertiary/aromatic N) is 1. The average Bonchev–Trinajstić information content (AvgIpc) is 3.21. The van der Waals surface area contributed by atoms with Crippen LogP contribution in [0.5, 0.6) is 0 Å². The van der Waals surface area contributed by atoms with E-state index in [1.54, 1.807) is 23.1 Å². The molecule has 7 heteroatoms. The minimum Gasteiger partial charge on any atom is -0.377 e. The molecule has 1 aromatic rings. The second kappa shape index (κ2) is 6.59. The highest BCUT2D eigenvalue weighted by molar-refractivity contribution is 7.89. The van der Waals surface area contributed by atoms with Crippen LogP contribution >= 0.6 is 0 Å². The molecule has 0 aromatic heterocycles. The molecule has 1 N–H and O–H groups in total. The maximum Gasteiger partial charge on any atom is 0.240 e. The van der Waals surface area contributed by atoms with Gasteiger partial charge >= 0.3 is 0 Å². The van der Waals surface area contributed by atoms with Gasteiger partial charge in [0.15, 0.2) is 0 Å². The first-order valence-corrected chi connectivity index (χ1v) is 9.54. The van der Waals surface area contributed by atoms with Gasteiger partial charge in [-0.1, -0.05) is 6.92 Å². The van der Waals surface area contributed by atoms with E-state index in [2.05, 4.69) is 4.72 Å². The molecular formula is C16H22N2O4S. The van der Waals surface area contributed by atoms with Crippen molar-refractivity contribution in [3.8, 4) is 0 Å². The van der Waals surface area contributed by atoms with Crippen LogP contribution in [0.2, 0.25) is 0 Å². The molecule has 0 bridgehead atoms. The minimum atomic E-state index is -3.55. The Morgan fingerprint density at radius 2 is 2.26 bits per heavy atom. The minimum absolute atomic E-state index is 0.0307.